The third-order valence-electron chi connectivity index (χ3n) is 4.23. The first-order chi connectivity index (χ1) is 10.2. The molecule has 1 aliphatic heterocycles. The standard InChI is InChI=1S/C16H21N3O2/c1-3-18-6-8-19(9-7-18)16(20)14-11-17-15-5-4-12(21-2)10-13(14)15/h4-5,10-11,17H,3,6-9H2,1-2H3. The lowest BCUT2D eigenvalue weighted by Crippen LogP contribution is -2.48. The molecular weight excluding hydrogens is 266 g/mol. The summed E-state index contributed by atoms with van der Waals surface area (Å²) in [5.41, 5.74) is 1.69. The van der Waals surface area contributed by atoms with Crippen LogP contribution in [0.3, 0.4) is 0 Å². The number of aromatic nitrogens is 1. The van der Waals surface area contributed by atoms with E-state index in [0.717, 1.165) is 54.9 Å². The maximum atomic E-state index is 12.7. The lowest BCUT2D eigenvalue weighted by molar-refractivity contribution is 0.0645. The van der Waals surface area contributed by atoms with Crippen molar-refractivity contribution in [1.82, 2.24) is 14.8 Å². The van der Waals surface area contributed by atoms with Gasteiger partial charge in [0, 0.05) is 43.3 Å². The summed E-state index contributed by atoms with van der Waals surface area (Å²) >= 11 is 0. The molecule has 0 bridgehead atoms. The SMILES string of the molecule is CCN1CCN(C(=O)c2c[nH]c3ccc(OC)cc23)CC1. The van der Waals surface area contributed by atoms with Crippen LogP contribution in [0.25, 0.3) is 10.9 Å². The number of methoxy groups -OCH3 is 1. The first-order valence-electron chi connectivity index (χ1n) is 7.39. The highest BCUT2D eigenvalue weighted by atomic mass is 16.5. The first-order valence-corrected chi connectivity index (χ1v) is 7.39. The minimum absolute atomic E-state index is 0.102. The number of rotatable bonds is 3. The molecule has 0 radical (unpaired) electrons. The summed E-state index contributed by atoms with van der Waals surface area (Å²) in [7, 11) is 1.64. The molecule has 3 rings (SSSR count). The quantitative estimate of drug-likeness (QED) is 0.938. The van der Waals surface area contributed by atoms with E-state index in [1.165, 1.54) is 0 Å². The Morgan fingerprint density at radius 1 is 1.29 bits per heavy atom. The Labute approximate surface area is 124 Å². The molecule has 0 atom stereocenters. The van der Waals surface area contributed by atoms with Crippen molar-refractivity contribution in [3.63, 3.8) is 0 Å². The van der Waals surface area contributed by atoms with Crippen molar-refractivity contribution < 1.29 is 9.53 Å². The number of hydrogen-bond acceptors (Lipinski definition) is 3. The van der Waals surface area contributed by atoms with Gasteiger partial charge in [-0.2, -0.15) is 0 Å². The molecule has 1 N–H and O–H groups in total. The van der Waals surface area contributed by atoms with Crippen molar-refractivity contribution in [3.05, 3.63) is 30.0 Å². The van der Waals surface area contributed by atoms with Gasteiger partial charge in [-0.25, -0.2) is 0 Å². The molecule has 1 saturated heterocycles. The van der Waals surface area contributed by atoms with Crippen molar-refractivity contribution >= 4 is 16.8 Å². The Hall–Kier alpha value is -2.01. The molecule has 0 aliphatic carbocycles. The summed E-state index contributed by atoms with van der Waals surface area (Å²) in [5, 5.41) is 0.928. The number of fused-ring (bicyclic) bond motifs is 1. The lowest BCUT2D eigenvalue weighted by atomic mass is 10.1. The molecule has 1 amide bonds. The van der Waals surface area contributed by atoms with Crippen molar-refractivity contribution in [2.45, 2.75) is 6.92 Å². The Morgan fingerprint density at radius 3 is 2.71 bits per heavy atom. The number of amides is 1. The zero-order chi connectivity index (χ0) is 14.8. The van der Waals surface area contributed by atoms with E-state index in [-0.39, 0.29) is 5.91 Å². The number of carbonyl (C=O) groups excluding carboxylic acids is 1. The van der Waals surface area contributed by atoms with Gasteiger partial charge in [-0.1, -0.05) is 6.92 Å². The highest BCUT2D eigenvalue weighted by molar-refractivity contribution is 6.07. The largest absolute Gasteiger partial charge is 0.497 e. The number of carbonyl (C=O) groups is 1. The normalized spacial score (nSPS) is 16.4. The number of ether oxygens (including phenoxy) is 1. The molecule has 1 aromatic heterocycles. The van der Waals surface area contributed by atoms with Crippen LogP contribution in [0.15, 0.2) is 24.4 Å². The topological polar surface area (TPSA) is 48.6 Å². The minimum Gasteiger partial charge on any atom is -0.497 e. The molecule has 1 aliphatic rings. The van der Waals surface area contributed by atoms with E-state index in [0.29, 0.717) is 0 Å². The second-order valence-electron chi connectivity index (χ2n) is 5.34. The molecule has 2 aromatic rings. The van der Waals surface area contributed by atoms with E-state index >= 15 is 0 Å². The van der Waals surface area contributed by atoms with Crippen LogP contribution in [0.2, 0.25) is 0 Å². The third kappa shape index (κ3) is 2.61. The second kappa shape index (κ2) is 5.77. The molecule has 5 heteroatoms. The number of hydrogen-bond donors (Lipinski definition) is 1. The summed E-state index contributed by atoms with van der Waals surface area (Å²) in [4.78, 5) is 20.2. The number of benzene rings is 1. The summed E-state index contributed by atoms with van der Waals surface area (Å²) in [6, 6.07) is 5.76. The van der Waals surface area contributed by atoms with Crippen LogP contribution in [-0.2, 0) is 0 Å². The zero-order valence-corrected chi connectivity index (χ0v) is 12.6. The van der Waals surface area contributed by atoms with Gasteiger partial charge in [-0.05, 0) is 24.7 Å². The summed E-state index contributed by atoms with van der Waals surface area (Å²) in [6.45, 7) is 6.70. The number of nitrogens with one attached hydrogen (secondary N) is 1. The highest BCUT2D eigenvalue weighted by Gasteiger charge is 2.23. The lowest BCUT2D eigenvalue weighted by Gasteiger charge is -2.34. The fourth-order valence-electron chi connectivity index (χ4n) is 2.84. The van der Waals surface area contributed by atoms with Gasteiger partial charge in [0.05, 0.1) is 12.7 Å². The maximum absolute atomic E-state index is 12.7. The first kappa shape index (κ1) is 13.9. The molecule has 1 fully saturated rings. The average molecular weight is 287 g/mol. The van der Waals surface area contributed by atoms with Crippen LogP contribution in [-0.4, -0.2) is 60.5 Å². The average Bonchev–Trinajstić information content (AvgIpc) is 2.97. The van der Waals surface area contributed by atoms with Gasteiger partial charge in [0.1, 0.15) is 5.75 Å². The molecule has 112 valence electrons. The summed E-state index contributed by atoms with van der Waals surface area (Å²) < 4.78 is 5.26. The minimum atomic E-state index is 0.102. The Balaban J connectivity index is 1.84. The maximum Gasteiger partial charge on any atom is 0.256 e. The van der Waals surface area contributed by atoms with E-state index in [1.54, 1.807) is 13.3 Å². The van der Waals surface area contributed by atoms with E-state index < -0.39 is 0 Å². The number of nitrogens with zero attached hydrogens (tertiary/aromatic N) is 2. The number of aromatic amines is 1. The van der Waals surface area contributed by atoms with Gasteiger partial charge in [-0.15, -0.1) is 0 Å². The van der Waals surface area contributed by atoms with Crippen molar-refractivity contribution in [3.8, 4) is 5.75 Å². The molecule has 1 aromatic carbocycles. The van der Waals surface area contributed by atoms with Crippen LogP contribution < -0.4 is 4.74 Å². The van der Waals surface area contributed by atoms with Gasteiger partial charge in [0.15, 0.2) is 0 Å². The predicted molar refractivity (Wildman–Crippen MR) is 82.9 cm³/mol. The Morgan fingerprint density at radius 2 is 2.05 bits per heavy atom. The fourth-order valence-corrected chi connectivity index (χ4v) is 2.84. The van der Waals surface area contributed by atoms with Crippen LogP contribution in [0, 0.1) is 0 Å². The number of piperazine rings is 1. The fraction of sp³-hybridized carbons (Fsp3) is 0.438. The second-order valence-corrected chi connectivity index (χ2v) is 5.34. The molecule has 21 heavy (non-hydrogen) atoms. The van der Waals surface area contributed by atoms with E-state index in [1.807, 2.05) is 23.1 Å². The molecule has 0 unspecified atom stereocenters. The molecule has 5 nitrogen and oxygen atoms in total. The van der Waals surface area contributed by atoms with Crippen LogP contribution >= 0.6 is 0 Å². The van der Waals surface area contributed by atoms with E-state index in [4.69, 9.17) is 4.74 Å². The van der Waals surface area contributed by atoms with Crippen molar-refractivity contribution in [2.75, 3.05) is 39.8 Å². The molecular formula is C16H21N3O2. The van der Waals surface area contributed by atoms with Gasteiger partial charge in [0.2, 0.25) is 0 Å². The van der Waals surface area contributed by atoms with Gasteiger partial charge in [-0.3, -0.25) is 4.79 Å². The van der Waals surface area contributed by atoms with Crippen molar-refractivity contribution in [1.29, 1.82) is 0 Å². The van der Waals surface area contributed by atoms with Gasteiger partial charge >= 0.3 is 0 Å². The summed E-state index contributed by atoms with van der Waals surface area (Å²) in [5.74, 6) is 0.872. The van der Waals surface area contributed by atoms with Crippen LogP contribution in [0.1, 0.15) is 17.3 Å². The van der Waals surface area contributed by atoms with E-state index in [9.17, 15) is 4.79 Å². The predicted octanol–water partition coefficient (Wildman–Crippen LogP) is 1.95. The van der Waals surface area contributed by atoms with Crippen LogP contribution in [0.4, 0.5) is 0 Å². The highest BCUT2D eigenvalue weighted by Crippen LogP contribution is 2.24. The van der Waals surface area contributed by atoms with Gasteiger partial charge in [0.25, 0.3) is 5.91 Å². The van der Waals surface area contributed by atoms with Crippen molar-refractivity contribution in [2.24, 2.45) is 0 Å². The van der Waals surface area contributed by atoms with Gasteiger partial charge < -0.3 is 19.5 Å². The molecule has 0 saturated carbocycles. The van der Waals surface area contributed by atoms with Crippen LogP contribution in [0.5, 0.6) is 5.75 Å². The monoisotopic (exact) mass is 287 g/mol. The number of H-pyrrole nitrogens is 1. The third-order valence-corrected chi connectivity index (χ3v) is 4.23. The Kier molecular flexibility index (Phi) is 3.84. The number of likely N-dealkylation sites (N-methyl/N-ethyl adjacent to an activating group) is 1. The van der Waals surface area contributed by atoms with E-state index in [2.05, 4.69) is 16.8 Å². The summed E-state index contributed by atoms with van der Waals surface area (Å²) in [6.07, 6.45) is 1.80. The molecule has 2 heterocycles. The Bertz CT molecular complexity index is 642. The molecule has 0 spiro atoms. The zero-order valence-electron chi connectivity index (χ0n) is 12.6. The smallest absolute Gasteiger partial charge is 0.256 e.